The zero-order valence-corrected chi connectivity index (χ0v) is 21.5. The average Bonchev–Trinajstić information content (AvgIpc) is 3.44. The van der Waals surface area contributed by atoms with Gasteiger partial charge >= 0.3 is 5.97 Å². The molecule has 1 aromatic heterocycles. The maximum Gasteiger partial charge on any atom is 0.326 e. The molecular weight excluding hydrogens is 492 g/mol. The first-order chi connectivity index (χ1) is 17.9. The normalized spacial score (nSPS) is 13.7. The number of carbonyl (C=O) groups is 2. The van der Waals surface area contributed by atoms with Crippen molar-refractivity contribution in [2.45, 2.75) is 31.7 Å². The molecule has 3 aromatic rings. The van der Waals surface area contributed by atoms with E-state index in [1.165, 1.54) is 0 Å². The summed E-state index contributed by atoms with van der Waals surface area (Å²) in [6, 6.07) is 17.2. The third-order valence-electron chi connectivity index (χ3n) is 6.32. The molecule has 4 rings (SSSR count). The first-order valence-corrected chi connectivity index (χ1v) is 12.7. The van der Waals surface area contributed by atoms with Gasteiger partial charge in [-0.1, -0.05) is 29.8 Å². The Morgan fingerprint density at radius 3 is 2.54 bits per heavy atom. The number of nitrogens with one attached hydrogen (secondary N) is 2. The predicted octanol–water partition coefficient (Wildman–Crippen LogP) is 4.42. The first kappa shape index (κ1) is 26.3. The fourth-order valence-corrected chi connectivity index (χ4v) is 4.55. The Balaban J connectivity index is 1.32. The molecule has 2 aromatic carbocycles. The highest BCUT2D eigenvalue weighted by molar-refractivity contribution is 6.34. The average molecular weight is 523 g/mol. The van der Waals surface area contributed by atoms with Crippen LogP contribution in [0, 0.1) is 0 Å². The fraction of sp³-hybridized carbons (Fsp3) is 0.321. The van der Waals surface area contributed by atoms with Crippen molar-refractivity contribution in [3.63, 3.8) is 0 Å². The van der Waals surface area contributed by atoms with Crippen LogP contribution in [0.2, 0.25) is 5.02 Å². The summed E-state index contributed by atoms with van der Waals surface area (Å²) in [7, 11) is 1.83. The first-order valence-electron chi connectivity index (χ1n) is 12.4. The van der Waals surface area contributed by atoms with Crippen molar-refractivity contribution in [1.29, 1.82) is 0 Å². The van der Waals surface area contributed by atoms with Gasteiger partial charge in [-0.15, -0.1) is 0 Å². The molecule has 0 unspecified atom stereocenters. The van der Waals surface area contributed by atoms with Crippen molar-refractivity contribution in [3.8, 4) is 5.75 Å². The van der Waals surface area contributed by atoms with E-state index in [1.54, 1.807) is 36.4 Å². The van der Waals surface area contributed by atoms with Gasteiger partial charge in [-0.25, -0.2) is 9.78 Å². The van der Waals surface area contributed by atoms with E-state index in [9.17, 15) is 14.7 Å². The molecule has 1 atom stereocenters. The SMILES string of the molecule is CNc1cccc(CCOc2ccc(C[C@H](NC(=O)c3ccc(N4CCCC4)cc3Cl)C(=O)O)cc2)n1. The van der Waals surface area contributed by atoms with Crippen LogP contribution < -0.4 is 20.3 Å². The summed E-state index contributed by atoms with van der Waals surface area (Å²) in [6.45, 7) is 2.40. The Kier molecular flexibility index (Phi) is 8.85. The maximum atomic E-state index is 12.8. The second-order valence-corrected chi connectivity index (χ2v) is 9.34. The Bertz CT molecular complexity index is 1230. The van der Waals surface area contributed by atoms with Crippen molar-refractivity contribution in [1.82, 2.24) is 10.3 Å². The lowest BCUT2D eigenvalue weighted by molar-refractivity contribution is -0.139. The number of nitrogens with zero attached hydrogens (tertiary/aromatic N) is 2. The van der Waals surface area contributed by atoms with Crippen LogP contribution in [-0.4, -0.2) is 54.8 Å². The van der Waals surface area contributed by atoms with Gasteiger partial charge in [-0.05, 0) is 60.9 Å². The minimum Gasteiger partial charge on any atom is -0.493 e. The highest BCUT2D eigenvalue weighted by Gasteiger charge is 2.23. The number of aliphatic carboxylic acids is 1. The molecule has 3 N–H and O–H groups in total. The van der Waals surface area contributed by atoms with Gasteiger partial charge in [0.05, 0.1) is 17.2 Å². The zero-order chi connectivity index (χ0) is 26.2. The summed E-state index contributed by atoms with van der Waals surface area (Å²) < 4.78 is 5.81. The molecule has 1 aliphatic heterocycles. The Labute approximate surface area is 221 Å². The third kappa shape index (κ3) is 7.13. The van der Waals surface area contributed by atoms with E-state index in [-0.39, 0.29) is 12.0 Å². The summed E-state index contributed by atoms with van der Waals surface area (Å²) >= 11 is 6.38. The fourth-order valence-electron chi connectivity index (χ4n) is 4.29. The van der Waals surface area contributed by atoms with Crippen molar-refractivity contribution in [2.24, 2.45) is 0 Å². The quantitative estimate of drug-likeness (QED) is 0.342. The summed E-state index contributed by atoms with van der Waals surface area (Å²) in [5, 5.41) is 15.6. The van der Waals surface area contributed by atoms with Crippen LogP contribution in [0.3, 0.4) is 0 Å². The largest absolute Gasteiger partial charge is 0.493 e. The Morgan fingerprint density at radius 2 is 1.86 bits per heavy atom. The van der Waals surface area contributed by atoms with E-state index in [1.807, 2.05) is 31.3 Å². The predicted molar refractivity (Wildman–Crippen MR) is 145 cm³/mol. The number of halogens is 1. The molecule has 0 saturated carbocycles. The monoisotopic (exact) mass is 522 g/mol. The number of ether oxygens (including phenoxy) is 1. The van der Waals surface area contributed by atoms with Gasteiger partial charge in [0, 0.05) is 44.4 Å². The molecule has 2 heterocycles. The summed E-state index contributed by atoms with van der Waals surface area (Å²) in [4.78, 5) is 31.4. The van der Waals surface area contributed by atoms with E-state index < -0.39 is 17.9 Å². The standard InChI is InChI=1S/C28H31ClN4O4/c1-30-26-6-4-5-20(31-26)13-16-37-22-10-7-19(8-11-22)17-25(28(35)36)32-27(34)23-12-9-21(18-24(23)29)33-14-2-3-15-33/h4-12,18,25H,2-3,13-17H2,1H3,(H,30,31)(H,32,34)(H,35,36)/t25-/m0/s1. The number of carboxylic acid groups (broad SMARTS) is 1. The van der Waals surface area contributed by atoms with E-state index >= 15 is 0 Å². The molecular formula is C28H31ClN4O4. The number of hydrogen-bond donors (Lipinski definition) is 3. The van der Waals surface area contributed by atoms with E-state index in [4.69, 9.17) is 16.3 Å². The van der Waals surface area contributed by atoms with Crippen LogP contribution >= 0.6 is 11.6 Å². The van der Waals surface area contributed by atoms with Crippen LogP contribution in [0.4, 0.5) is 11.5 Å². The van der Waals surface area contributed by atoms with Gasteiger partial charge < -0.3 is 25.4 Å². The lowest BCUT2D eigenvalue weighted by Gasteiger charge is -2.19. The number of anilines is 2. The number of amides is 1. The van der Waals surface area contributed by atoms with Crippen LogP contribution in [-0.2, 0) is 17.6 Å². The lowest BCUT2D eigenvalue weighted by atomic mass is 10.0. The summed E-state index contributed by atoms with van der Waals surface area (Å²) in [5.74, 6) is -0.145. The van der Waals surface area contributed by atoms with Crippen LogP contribution in [0.15, 0.2) is 60.7 Å². The van der Waals surface area contributed by atoms with Crippen LogP contribution in [0.5, 0.6) is 5.75 Å². The molecule has 0 spiro atoms. The van der Waals surface area contributed by atoms with Gasteiger partial charge in [0.1, 0.15) is 17.6 Å². The third-order valence-corrected chi connectivity index (χ3v) is 6.64. The van der Waals surface area contributed by atoms with E-state index in [0.717, 1.165) is 48.7 Å². The van der Waals surface area contributed by atoms with Crippen molar-refractivity contribution in [2.75, 3.05) is 37.0 Å². The molecule has 194 valence electrons. The second-order valence-electron chi connectivity index (χ2n) is 8.93. The zero-order valence-electron chi connectivity index (χ0n) is 20.7. The topological polar surface area (TPSA) is 104 Å². The Morgan fingerprint density at radius 1 is 1.11 bits per heavy atom. The molecule has 0 radical (unpaired) electrons. The van der Waals surface area contributed by atoms with Crippen molar-refractivity contribution in [3.05, 3.63) is 82.5 Å². The minimum absolute atomic E-state index is 0.131. The number of rotatable bonds is 11. The molecule has 9 heteroatoms. The van der Waals surface area contributed by atoms with Gasteiger partial charge in [0.25, 0.3) is 5.91 Å². The molecule has 1 amide bonds. The number of hydrogen-bond acceptors (Lipinski definition) is 6. The maximum absolute atomic E-state index is 12.8. The minimum atomic E-state index is -1.12. The molecule has 0 aliphatic carbocycles. The molecule has 1 fully saturated rings. The summed E-state index contributed by atoms with van der Waals surface area (Å²) in [5.41, 5.74) is 2.92. The number of carbonyl (C=O) groups excluding carboxylic acids is 1. The molecule has 1 aliphatic rings. The molecule has 0 bridgehead atoms. The van der Waals surface area contributed by atoms with Crippen LogP contribution in [0.1, 0.15) is 34.5 Å². The Hall–Kier alpha value is -3.78. The van der Waals surface area contributed by atoms with Gasteiger partial charge in [-0.2, -0.15) is 0 Å². The van der Waals surface area contributed by atoms with Gasteiger partial charge in [0.15, 0.2) is 0 Å². The van der Waals surface area contributed by atoms with Crippen molar-refractivity contribution < 1.29 is 19.4 Å². The van der Waals surface area contributed by atoms with Gasteiger partial charge in [-0.3, -0.25) is 4.79 Å². The van der Waals surface area contributed by atoms with Crippen molar-refractivity contribution >= 4 is 35.0 Å². The number of benzene rings is 2. The summed E-state index contributed by atoms with van der Waals surface area (Å²) in [6.07, 6.45) is 3.06. The number of pyridine rings is 1. The van der Waals surface area contributed by atoms with Gasteiger partial charge in [0.2, 0.25) is 0 Å². The molecule has 37 heavy (non-hydrogen) atoms. The molecule has 8 nitrogen and oxygen atoms in total. The second kappa shape index (κ2) is 12.5. The van der Waals surface area contributed by atoms with Crippen LogP contribution in [0.25, 0.3) is 0 Å². The number of carboxylic acids is 1. The number of aromatic nitrogens is 1. The van der Waals surface area contributed by atoms with E-state index in [2.05, 4.69) is 20.5 Å². The van der Waals surface area contributed by atoms with E-state index in [0.29, 0.717) is 23.8 Å². The highest BCUT2D eigenvalue weighted by Crippen LogP contribution is 2.26. The smallest absolute Gasteiger partial charge is 0.326 e. The lowest BCUT2D eigenvalue weighted by Crippen LogP contribution is -2.42. The highest BCUT2D eigenvalue weighted by atomic mass is 35.5. The molecule has 1 saturated heterocycles.